The van der Waals surface area contributed by atoms with Gasteiger partial charge in [-0.05, 0) is 42.5 Å². The molecule has 1 aromatic heterocycles. The number of methoxy groups -OCH3 is 1. The Kier molecular flexibility index (Phi) is 6.04. The quantitative estimate of drug-likeness (QED) is 0.267. The van der Waals surface area contributed by atoms with Gasteiger partial charge in [-0.2, -0.15) is 0 Å². The zero-order chi connectivity index (χ0) is 25.2. The van der Waals surface area contributed by atoms with Gasteiger partial charge < -0.3 is 9.72 Å². The predicted molar refractivity (Wildman–Crippen MR) is 148 cm³/mol. The number of nitrogens with one attached hydrogen (secondary N) is 1. The monoisotopic (exact) mass is 502 g/mol. The van der Waals surface area contributed by atoms with Gasteiger partial charge in [-0.25, -0.2) is 14.9 Å². The van der Waals surface area contributed by atoms with Crippen LogP contribution in [-0.2, 0) is 4.79 Å². The van der Waals surface area contributed by atoms with E-state index in [9.17, 15) is 4.79 Å². The maximum atomic E-state index is 13.7. The fraction of sp³-hybridized carbons (Fsp3) is 0.0333. The number of para-hydroxylation sites is 1. The van der Waals surface area contributed by atoms with Gasteiger partial charge in [0.2, 0.25) is 5.95 Å². The SMILES string of the molecule is COc1ccccc1C=C1N=C(c2ccccc2)N(c2nc3ccc(Sc4ccccc4)cc3[nH]2)C1=O. The molecule has 2 heterocycles. The molecule has 0 saturated heterocycles. The van der Waals surface area contributed by atoms with E-state index >= 15 is 0 Å². The van der Waals surface area contributed by atoms with Crippen molar-refractivity contribution in [1.29, 1.82) is 0 Å². The summed E-state index contributed by atoms with van der Waals surface area (Å²) < 4.78 is 5.47. The third-order valence-electron chi connectivity index (χ3n) is 5.96. The highest BCUT2D eigenvalue weighted by Crippen LogP contribution is 2.32. The van der Waals surface area contributed by atoms with Crippen molar-refractivity contribution in [3.8, 4) is 5.75 Å². The number of amides is 1. The average molecular weight is 503 g/mol. The number of imidazole rings is 1. The van der Waals surface area contributed by atoms with Crippen LogP contribution in [0.25, 0.3) is 17.1 Å². The molecule has 1 aliphatic heterocycles. The molecule has 6 rings (SSSR count). The average Bonchev–Trinajstić information content (AvgIpc) is 3.50. The number of aromatic amines is 1. The summed E-state index contributed by atoms with van der Waals surface area (Å²) in [5, 5.41) is 0. The van der Waals surface area contributed by atoms with Crippen molar-refractivity contribution in [2.24, 2.45) is 4.99 Å². The normalized spacial score (nSPS) is 14.4. The lowest BCUT2D eigenvalue weighted by atomic mass is 10.1. The molecule has 180 valence electrons. The van der Waals surface area contributed by atoms with Crippen molar-refractivity contribution in [3.63, 3.8) is 0 Å². The van der Waals surface area contributed by atoms with Gasteiger partial charge >= 0.3 is 0 Å². The van der Waals surface area contributed by atoms with Gasteiger partial charge in [-0.3, -0.25) is 4.79 Å². The van der Waals surface area contributed by atoms with Crippen LogP contribution in [0, 0.1) is 0 Å². The number of hydrogen-bond acceptors (Lipinski definition) is 5. The van der Waals surface area contributed by atoms with Crippen molar-refractivity contribution in [3.05, 3.63) is 120 Å². The summed E-state index contributed by atoms with van der Waals surface area (Å²) >= 11 is 1.67. The summed E-state index contributed by atoms with van der Waals surface area (Å²) in [4.78, 5) is 30.3. The molecule has 0 aliphatic carbocycles. The lowest BCUT2D eigenvalue weighted by Gasteiger charge is -2.15. The van der Waals surface area contributed by atoms with Crippen LogP contribution in [-0.4, -0.2) is 28.8 Å². The molecular weight excluding hydrogens is 480 g/mol. The Morgan fingerprint density at radius 1 is 0.865 bits per heavy atom. The zero-order valence-electron chi connectivity index (χ0n) is 20.0. The number of nitrogens with zero attached hydrogens (tertiary/aromatic N) is 3. The lowest BCUT2D eigenvalue weighted by Crippen LogP contribution is -2.33. The second-order valence-electron chi connectivity index (χ2n) is 8.37. The number of aromatic nitrogens is 2. The molecule has 0 spiro atoms. The van der Waals surface area contributed by atoms with Gasteiger partial charge in [0.1, 0.15) is 11.4 Å². The molecule has 0 bridgehead atoms. The number of anilines is 1. The maximum Gasteiger partial charge on any atom is 0.285 e. The number of carbonyl (C=O) groups excluding carboxylic acids is 1. The van der Waals surface area contributed by atoms with Gasteiger partial charge in [-0.1, -0.05) is 78.5 Å². The first-order chi connectivity index (χ1) is 18.2. The Balaban J connectivity index is 1.40. The molecule has 0 atom stereocenters. The minimum Gasteiger partial charge on any atom is -0.496 e. The number of hydrogen-bond donors (Lipinski definition) is 1. The molecular formula is C30H22N4O2S. The van der Waals surface area contributed by atoms with E-state index in [1.54, 1.807) is 29.8 Å². The second-order valence-corrected chi connectivity index (χ2v) is 9.51. The first-order valence-electron chi connectivity index (χ1n) is 11.8. The highest BCUT2D eigenvalue weighted by Gasteiger charge is 2.34. The minimum absolute atomic E-state index is 0.261. The molecule has 4 aromatic carbocycles. The Labute approximate surface area is 218 Å². The number of amidine groups is 1. The van der Waals surface area contributed by atoms with Crippen LogP contribution >= 0.6 is 11.8 Å². The van der Waals surface area contributed by atoms with Gasteiger partial charge in [0, 0.05) is 20.9 Å². The molecule has 6 nitrogen and oxygen atoms in total. The summed E-state index contributed by atoms with van der Waals surface area (Å²) in [5.74, 6) is 1.35. The van der Waals surface area contributed by atoms with Crippen LogP contribution in [0.3, 0.4) is 0 Å². The minimum atomic E-state index is -0.261. The largest absolute Gasteiger partial charge is 0.496 e. The van der Waals surface area contributed by atoms with Crippen LogP contribution in [0.15, 0.2) is 124 Å². The molecule has 0 radical (unpaired) electrons. The molecule has 1 amide bonds. The second kappa shape index (κ2) is 9.79. The Hall–Kier alpha value is -4.62. The third-order valence-corrected chi connectivity index (χ3v) is 6.95. The summed E-state index contributed by atoms with van der Waals surface area (Å²) in [6.07, 6.45) is 1.75. The summed E-state index contributed by atoms with van der Waals surface area (Å²) in [5.41, 5.74) is 3.52. The van der Waals surface area contributed by atoms with E-state index in [-0.39, 0.29) is 5.91 Å². The van der Waals surface area contributed by atoms with E-state index in [1.807, 2.05) is 84.9 Å². The van der Waals surface area contributed by atoms with Crippen molar-refractivity contribution < 1.29 is 9.53 Å². The highest BCUT2D eigenvalue weighted by atomic mass is 32.2. The topological polar surface area (TPSA) is 70.6 Å². The van der Waals surface area contributed by atoms with E-state index in [0.717, 1.165) is 32.0 Å². The van der Waals surface area contributed by atoms with Gasteiger partial charge in [0.15, 0.2) is 5.84 Å². The van der Waals surface area contributed by atoms with Gasteiger partial charge in [0.05, 0.1) is 18.1 Å². The van der Waals surface area contributed by atoms with Crippen LogP contribution < -0.4 is 9.64 Å². The van der Waals surface area contributed by atoms with Crippen molar-refractivity contribution >= 4 is 46.6 Å². The van der Waals surface area contributed by atoms with E-state index in [4.69, 9.17) is 14.7 Å². The van der Waals surface area contributed by atoms with Crippen LogP contribution in [0.5, 0.6) is 5.75 Å². The summed E-state index contributed by atoms with van der Waals surface area (Å²) in [7, 11) is 1.61. The predicted octanol–water partition coefficient (Wildman–Crippen LogP) is 6.56. The van der Waals surface area contributed by atoms with E-state index < -0.39 is 0 Å². The number of fused-ring (bicyclic) bond motifs is 1. The van der Waals surface area contributed by atoms with Crippen molar-refractivity contribution in [2.75, 3.05) is 12.0 Å². The van der Waals surface area contributed by atoms with Crippen molar-refractivity contribution in [1.82, 2.24) is 9.97 Å². The zero-order valence-corrected chi connectivity index (χ0v) is 20.8. The van der Waals surface area contributed by atoms with Crippen LogP contribution in [0.4, 0.5) is 5.95 Å². The van der Waals surface area contributed by atoms with E-state index in [1.165, 1.54) is 0 Å². The third kappa shape index (κ3) is 4.52. The fourth-order valence-electron chi connectivity index (χ4n) is 4.20. The fourth-order valence-corrected chi connectivity index (χ4v) is 5.07. The maximum absolute atomic E-state index is 13.7. The number of ether oxygens (including phenoxy) is 1. The standard InChI is InChI=1S/C30H22N4O2S/c1-36-27-15-9-8-12-21(27)18-26-29(35)34(28(31-26)20-10-4-2-5-11-20)30-32-24-17-16-23(19-25(24)33-30)37-22-13-6-3-7-14-22/h2-19H,1H3,(H,32,33). The number of H-pyrrole nitrogens is 1. The first kappa shape index (κ1) is 22.8. The molecule has 5 aromatic rings. The molecule has 0 saturated carbocycles. The van der Waals surface area contributed by atoms with Gasteiger partial charge in [-0.15, -0.1) is 0 Å². The smallest absolute Gasteiger partial charge is 0.285 e. The van der Waals surface area contributed by atoms with Gasteiger partial charge in [0.25, 0.3) is 5.91 Å². The van der Waals surface area contributed by atoms with Crippen LogP contribution in [0.1, 0.15) is 11.1 Å². The molecule has 1 N–H and O–H groups in total. The summed E-state index contributed by atoms with van der Waals surface area (Å²) in [6, 6.07) is 33.4. The summed E-state index contributed by atoms with van der Waals surface area (Å²) in [6.45, 7) is 0. The van der Waals surface area contributed by atoms with Crippen molar-refractivity contribution in [2.45, 2.75) is 9.79 Å². The Morgan fingerprint density at radius 2 is 1.59 bits per heavy atom. The lowest BCUT2D eigenvalue weighted by molar-refractivity contribution is -0.113. The molecule has 37 heavy (non-hydrogen) atoms. The highest BCUT2D eigenvalue weighted by molar-refractivity contribution is 7.99. The molecule has 7 heteroatoms. The number of rotatable bonds is 6. The first-order valence-corrected chi connectivity index (χ1v) is 12.6. The number of carbonyl (C=O) groups is 1. The molecule has 1 aliphatic rings. The molecule has 0 unspecified atom stereocenters. The van der Waals surface area contributed by atoms with E-state index in [2.05, 4.69) is 23.2 Å². The van der Waals surface area contributed by atoms with E-state index in [0.29, 0.717) is 23.2 Å². The number of benzene rings is 4. The Bertz CT molecular complexity index is 1660. The number of aliphatic imine (C=N–C) groups is 1. The Morgan fingerprint density at radius 3 is 2.38 bits per heavy atom. The molecule has 0 fully saturated rings. The van der Waals surface area contributed by atoms with Crippen LogP contribution in [0.2, 0.25) is 0 Å².